The summed E-state index contributed by atoms with van der Waals surface area (Å²) in [6.07, 6.45) is 3.91. The number of halogens is 4. The molecule has 2 atom stereocenters. The summed E-state index contributed by atoms with van der Waals surface area (Å²) in [6, 6.07) is 10.1. The number of hydrogen-bond acceptors (Lipinski definition) is 7. The molecule has 3 aromatic rings. The molecule has 2 aliphatic rings. The van der Waals surface area contributed by atoms with Crippen LogP contribution < -0.4 is 14.2 Å². The largest absolute Gasteiger partial charge is 0.619 e. The number of esters is 1. The normalized spacial score (nSPS) is 16.5. The van der Waals surface area contributed by atoms with Gasteiger partial charge in [-0.2, -0.15) is 13.5 Å². The fourth-order valence-corrected chi connectivity index (χ4v) is 6.14. The number of alkyl halides is 2. The average molecular weight is 707 g/mol. The quantitative estimate of drug-likeness (QED) is 0.126. The van der Waals surface area contributed by atoms with Crippen LogP contribution in [0.2, 0.25) is 10.0 Å². The Labute approximate surface area is 286 Å². The van der Waals surface area contributed by atoms with E-state index < -0.39 is 24.7 Å². The third kappa shape index (κ3) is 8.84. The third-order valence-corrected chi connectivity index (χ3v) is 8.86. The highest BCUT2D eigenvalue weighted by Crippen LogP contribution is 2.38. The van der Waals surface area contributed by atoms with E-state index in [-0.39, 0.29) is 46.2 Å². The first-order chi connectivity index (χ1) is 22.9. The molecule has 0 radical (unpaired) electrons. The molecule has 2 heterocycles. The lowest BCUT2D eigenvalue weighted by atomic mass is 10.0. The van der Waals surface area contributed by atoms with Crippen LogP contribution >= 0.6 is 23.2 Å². The van der Waals surface area contributed by atoms with Crippen LogP contribution in [0.4, 0.5) is 8.78 Å². The van der Waals surface area contributed by atoms with E-state index in [1.54, 1.807) is 38.4 Å². The molecule has 10 nitrogen and oxygen atoms in total. The summed E-state index contributed by atoms with van der Waals surface area (Å²) in [4.78, 5) is 42.6. The van der Waals surface area contributed by atoms with Crippen molar-refractivity contribution in [1.29, 1.82) is 0 Å². The Balaban J connectivity index is 1.40. The summed E-state index contributed by atoms with van der Waals surface area (Å²) < 4.78 is 43.4. The lowest BCUT2D eigenvalue weighted by Gasteiger charge is -2.27. The molecule has 2 amide bonds. The van der Waals surface area contributed by atoms with E-state index in [1.165, 1.54) is 28.0 Å². The van der Waals surface area contributed by atoms with Crippen LogP contribution in [0.1, 0.15) is 58.8 Å². The van der Waals surface area contributed by atoms with Crippen LogP contribution in [0.25, 0.3) is 0 Å². The second-order valence-corrected chi connectivity index (χ2v) is 12.9. The van der Waals surface area contributed by atoms with Gasteiger partial charge in [-0.3, -0.25) is 9.59 Å². The predicted octanol–water partition coefficient (Wildman–Crippen LogP) is 5.78. The smallest absolute Gasteiger partial charge is 0.387 e. The Morgan fingerprint density at radius 1 is 1.04 bits per heavy atom. The number of pyridine rings is 1. The molecule has 5 rings (SSSR count). The summed E-state index contributed by atoms with van der Waals surface area (Å²) >= 11 is 12.7. The van der Waals surface area contributed by atoms with Crippen molar-refractivity contribution in [1.82, 2.24) is 9.80 Å². The maximum atomic E-state index is 13.8. The minimum absolute atomic E-state index is 0.0283. The van der Waals surface area contributed by atoms with Crippen molar-refractivity contribution in [2.45, 2.75) is 57.3 Å². The topological polar surface area (TPSA) is 112 Å². The molecular formula is C34H35Cl2F2N3O7. The number of ether oxygens (including phenoxy) is 3. The number of likely N-dealkylation sites (tertiary alicyclic amines) is 1. The van der Waals surface area contributed by atoms with Gasteiger partial charge in [-0.05, 0) is 67.0 Å². The minimum Gasteiger partial charge on any atom is -0.619 e. The van der Waals surface area contributed by atoms with Crippen LogP contribution in [-0.2, 0) is 27.2 Å². The molecule has 0 bridgehead atoms. The highest BCUT2D eigenvalue weighted by atomic mass is 35.5. The van der Waals surface area contributed by atoms with E-state index in [9.17, 15) is 28.4 Å². The first-order valence-corrected chi connectivity index (χ1v) is 16.2. The number of hydrogen-bond donors (Lipinski definition) is 0. The van der Waals surface area contributed by atoms with Gasteiger partial charge in [-0.25, -0.2) is 4.79 Å². The van der Waals surface area contributed by atoms with Crippen LogP contribution in [0.3, 0.4) is 0 Å². The van der Waals surface area contributed by atoms with Crippen LogP contribution in [0, 0.1) is 11.1 Å². The van der Waals surface area contributed by atoms with E-state index in [2.05, 4.69) is 4.74 Å². The van der Waals surface area contributed by atoms with Crippen LogP contribution in [-0.4, -0.2) is 67.5 Å². The van der Waals surface area contributed by atoms with Crippen molar-refractivity contribution in [3.05, 3.63) is 92.4 Å². The molecule has 2 aromatic carbocycles. The number of carbonyl (C=O) groups excluding carboxylic acids is 3. The molecule has 1 aromatic heterocycles. The van der Waals surface area contributed by atoms with Gasteiger partial charge in [0.05, 0.1) is 13.0 Å². The fraction of sp³-hybridized carbons (Fsp3) is 0.412. The van der Waals surface area contributed by atoms with Gasteiger partial charge >= 0.3 is 12.6 Å². The molecule has 14 heteroatoms. The maximum absolute atomic E-state index is 13.8. The molecule has 0 spiro atoms. The number of benzene rings is 2. The van der Waals surface area contributed by atoms with Gasteiger partial charge in [0.15, 0.2) is 23.9 Å². The number of rotatable bonds is 13. The fourth-order valence-electron chi connectivity index (χ4n) is 5.54. The molecule has 2 unspecified atom stereocenters. The molecule has 0 N–H and O–H groups in total. The lowest BCUT2D eigenvalue weighted by Crippen LogP contribution is -2.42. The first-order valence-electron chi connectivity index (χ1n) is 15.5. The molecular weight excluding hydrogens is 671 g/mol. The number of carbonyl (C=O) groups is 3. The van der Waals surface area contributed by atoms with Crippen molar-refractivity contribution in [2.24, 2.45) is 5.92 Å². The minimum atomic E-state index is -3.09. The average Bonchev–Trinajstić information content (AvgIpc) is 3.73. The Kier molecular flexibility index (Phi) is 11.3. The zero-order valence-corrected chi connectivity index (χ0v) is 27.9. The zero-order valence-electron chi connectivity index (χ0n) is 26.4. The summed E-state index contributed by atoms with van der Waals surface area (Å²) in [5.74, 6) is -1.000. The molecule has 48 heavy (non-hydrogen) atoms. The summed E-state index contributed by atoms with van der Waals surface area (Å²) in [6.45, 7) is -2.45. The van der Waals surface area contributed by atoms with Gasteiger partial charge in [0.25, 0.3) is 5.91 Å². The standard InChI is InChI=1S/C34H35Cl2F2N3O7/c1-39(2)32(43)23-6-3-5-21(13-23)14-31(42)41-12-4-7-27(41)33(44)47-29(16-24-25(35)17-40(45)18-26(24)36)22-10-11-28(48-34(37)38)30(15-22)46-19-20-8-9-20/h3,5-6,10-11,13,15,17-18,20,27,29,34H,4,7-9,12,14,16,19H2,1-2H3. The Morgan fingerprint density at radius 2 is 1.77 bits per heavy atom. The highest BCUT2D eigenvalue weighted by Gasteiger charge is 2.37. The van der Waals surface area contributed by atoms with Crippen molar-refractivity contribution in [2.75, 3.05) is 27.2 Å². The van der Waals surface area contributed by atoms with Crippen molar-refractivity contribution >= 4 is 41.0 Å². The number of amides is 2. The summed E-state index contributed by atoms with van der Waals surface area (Å²) in [5.41, 5.74) is 1.76. The Hall–Kier alpha value is -4.16. The van der Waals surface area contributed by atoms with Gasteiger partial charge in [-0.15, -0.1) is 0 Å². The highest BCUT2D eigenvalue weighted by molar-refractivity contribution is 6.35. The van der Waals surface area contributed by atoms with Crippen molar-refractivity contribution in [3.63, 3.8) is 0 Å². The van der Waals surface area contributed by atoms with E-state index in [0.29, 0.717) is 58.9 Å². The molecule has 256 valence electrons. The van der Waals surface area contributed by atoms with Gasteiger partial charge in [0.1, 0.15) is 22.2 Å². The SMILES string of the molecule is CN(C)C(=O)c1cccc(CC(=O)N2CCCC2C(=O)OC(Cc2c(Cl)c[n+]([O-])cc2Cl)c2ccc(OC(F)F)c(OCC3CC3)c2)c1. The maximum Gasteiger partial charge on any atom is 0.387 e. The third-order valence-electron chi connectivity index (χ3n) is 8.21. The van der Waals surface area contributed by atoms with E-state index in [1.807, 2.05) is 0 Å². The molecule has 1 saturated carbocycles. The molecule has 1 aliphatic heterocycles. The van der Waals surface area contributed by atoms with Crippen LogP contribution in [0.15, 0.2) is 54.9 Å². The van der Waals surface area contributed by atoms with Gasteiger partial charge in [-0.1, -0.05) is 41.4 Å². The van der Waals surface area contributed by atoms with E-state index >= 15 is 0 Å². The Morgan fingerprint density at radius 3 is 2.44 bits per heavy atom. The van der Waals surface area contributed by atoms with Crippen molar-refractivity contribution < 1.29 is 42.1 Å². The summed E-state index contributed by atoms with van der Waals surface area (Å²) in [7, 11) is 3.28. The van der Waals surface area contributed by atoms with Crippen molar-refractivity contribution in [3.8, 4) is 11.5 Å². The zero-order chi connectivity index (χ0) is 34.5. The van der Waals surface area contributed by atoms with Gasteiger partial charge in [0.2, 0.25) is 5.91 Å². The van der Waals surface area contributed by atoms with E-state index in [0.717, 1.165) is 25.2 Å². The second kappa shape index (κ2) is 15.4. The number of nitrogens with zero attached hydrogens (tertiary/aromatic N) is 3. The molecule has 1 aliphatic carbocycles. The molecule has 1 saturated heterocycles. The monoisotopic (exact) mass is 705 g/mol. The van der Waals surface area contributed by atoms with Gasteiger partial charge in [0, 0.05) is 38.2 Å². The molecule has 2 fully saturated rings. The predicted molar refractivity (Wildman–Crippen MR) is 172 cm³/mol. The number of aromatic nitrogens is 1. The van der Waals surface area contributed by atoms with E-state index in [4.69, 9.17) is 32.7 Å². The second-order valence-electron chi connectivity index (χ2n) is 12.1. The van der Waals surface area contributed by atoms with Gasteiger partial charge < -0.3 is 29.2 Å². The lowest BCUT2D eigenvalue weighted by molar-refractivity contribution is -0.605. The first kappa shape index (κ1) is 35.2. The summed E-state index contributed by atoms with van der Waals surface area (Å²) in [5, 5.41) is 12.0. The Bertz CT molecular complexity index is 1650. The van der Waals surface area contributed by atoms with Crippen LogP contribution in [0.5, 0.6) is 11.5 Å².